The average Bonchev–Trinajstić information content (AvgIpc) is 2.80. The summed E-state index contributed by atoms with van der Waals surface area (Å²) in [6.45, 7) is 4.45. The van der Waals surface area contributed by atoms with Crippen molar-refractivity contribution in [1.82, 2.24) is 5.32 Å². The molecule has 4 heteroatoms. The second-order valence-corrected chi connectivity index (χ2v) is 4.73. The third-order valence-corrected chi connectivity index (χ3v) is 3.49. The third kappa shape index (κ3) is 2.97. The van der Waals surface area contributed by atoms with E-state index in [9.17, 15) is 4.39 Å². The van der Waals surface area contributed by atoms with E-state index in [4.69, 9.17) is 16.3 Å². The Morgan fingerprint density at radius 1 is 1.59 bits per heavy atom. The molecule has 1 fully saturated rings. The molecule has 1 aliphatic rings. The van der Waals surface area contributed by atoms with E-state index in [0.717, 1.165) is 31.7 Å². The SMILES string of the molecule is CCNC(c1ccc(F)cc1Cl)C1CCOC1. The number of benzene rings is 1. The fourth-order valence-corrected chi connectivity index (χ4v) is 2.60. The van der Waals surface area contributed by atoms with E-state index in [2.05, 4.69) is 12.2 Å². The van der Waals surface area contributed by atoms with Gasteiger partial charge in [0.05, 0.1) is 6.61 Å². The Labute approximate surface area is 106 Å². The van der Waals surface area contributed by atoms with Crippen LogP contribution in [0.3, 0.4) is 0 Å². The zero-order valence-electron chi connectivity index (χ0n) is 9.88. The van der Waals surface area contributed by atoms with Crippen molar-refractivity contribution >= 4 is 11.6 Å². The van der Waals surface area contributed by atoms with Gasteiger partial charge >= 0.3 is 0 Å². The molecule has 2 rings (SSSR count). The minimum atomic E-state index is -0.295. The van der Waals surface area contributed by atoms with Crippen LogP contribution >= 0.6 is 11.6 Å². The lowest BCUT2D eigenvalue weighted by Crippen LogP contribution is -2.28. The minimum absolute atomic E-state index is 0.149. The second kappa shape index (κ2) is 5.80. The van der Waals surface area contributed by atoms with Gasteiger partial charge in [-0.2, -0.15) is 0 Å². The van der Waals surface area contributed by atoms with E-state index in [1.807, 2.05) is 0 Å². The fraction of sp³-hybridized carbons (Fsp3) is 0.538. The summed E-state index contributed by atoms with van der Waals surface area (Å²) in [4.78, 5) is 0. The van der Waals surface area contributed by atoms with Crippen molar-refractivity contribution in [2.24, 2.45) is 5.92 Å². The molecule has 1 heterocycles. The zero-order valence-corrected chi connectivity index (χ0v) is 10.6. The Bertz CT molecular complexity index is 380. The maximum Gasteiger partial charge on any atom is 0.124 e. The molecule has 94 valence electrons. The predicted octanol–water partition coefficient (Wildman–Crippen LogP) is 3.17. The summed E-state index contributed by atoms with van der Waals surface area (Å²) in [6.07, 6.45) is 1.02. The van der Waals surface area contributed by atoms with Crippen LogP contribution in [0.2, 0.25) is 5.02 Å². The van der Waals surface area contributed by atoms with Crippen molar-refractivity contribution < 1.29 is 9.13 Å². The Hall–Kier alpha value is -0.640. The molecule has 2 atom stereocenters. The van der Waals surface area contributed by atoms with E-state index >= 15 is 0 Å². The normalized spacial score (nSPS) is 21.7. The Morgan fingerprint density at radius 2 is 2.41 bits per heavy atom. The van der Waals surface area contributed by atoms with Gasteiger partial charge in [0.1, 0.15) is 5.82 Å². The molecule has 2 unspecified atom stereocenters. The molecule has 0 radical (unpaired) electrons. The van der Waals surface area contributed by atoms with Gasteiger partial charge in [0.15, 0.2) is 0 Å². The topological polar surface area (TPSA) is 21.3 Å². The summed E-state index contributed by atoms with van der Waals surface area (Å²) in [5.74, 6) is 0.120. The molecule has 17 heavy (non-hydrogen) atoms. The van der Waals surface area contributed by atoms with Gasteiger partial charge in [0.25, 0.3) is 0 Å². The molecular formula is C13H17ClFNO. The van der Waals surface area contributed by atoms with Crippen LogP contribution < -0.4 is 5.32 Å². The molecule has 1 N–H and O–H groups in total. The molecule has 0 amide bonds. The minimum Gasteiger partial charge on any atom is -0.381 e. The quantitative estimate of drug-likeness (QED) is 0.895. The first kappa shape index (κ1) is 12.8. The van der Waals surface area contributed by atoms with Crippen LogP contribution in [-0.4, -0.2) is 19.8 Å². The number of halogens is 2. The molecule has 0 spiro atoms. The van der Waals surface area contributed by atoms with Crippen LogP contribution in [0.1, 0.15) is 24.9 Å². The van der Waals surface area contributed by atoms with Crippen LogP contribution in [0.25, 0.3) is 0 Å². The maximum absolute atomic E-state index is 13.0. The fourth-order valence-electron chi connectivity index (χ4n) is 2.32. The highest BCUT2D eigenvalue weighted by atomic mass is 35.5. The smallest absolute Gasteiger partial charge is 0.124 e. The van der Waals surface area contributed by atoms with Gasteiger partial charge in [-0.05, 0) is 30.7 Å². The largest absolute Gasteiger partial charge is 0.381 e. The Morgan fingerprint density at radius 3 is 3.00 bits per heavy atom. The summed E-state index contributed by atoms with van der Waals surface area (Å²) in [5, 5.41) is 3.90. The average molecular weight is 258 g/mol. The van der Waals surface area contributed by atoms with E-state index < -0.39 is 0 Å². The van der Waals surface area contributed by atoms with Gasteiger partial charge in [0, 0.05) is 23.6 Å². The van der Waals surface area contributed by atoms with Crippen LogP contribution in [0.15, 0.2) is 18.2 Å². The lowest BCUT2D eigenvalue weighted by atomic mass is 9.92. The number of ether oxygens (including phenoxy) is 1. The highest BCUT2D eigenvalue weighted by molar-refractivity contribution is 6.31. The van der Waals surface area contributed by atoms with Crippen molar-refractivity contribution in [3.8, 4) is 0 Å². The van der Waals surface area contributed by atoms with E-state index in [1.165, 1.54) is 12.1 Å². The first-order valence-electron chi connectivity index (χ1n) is 5.98. The van der Waals surface area contributed by atoms with Crippen molar-refractivity contribution in [3.63, 3.8) is 0 Å². The first-order chi connectivity index (χ1) is 8.22. The van der Waals surface area contributed by atoms with Gasteiger partial charge < -0.3 is 10.1 Å². The maximum atomic E-state index is 13.0. The molecule has 1 aromatic rings. The summed E-state index contributed by atoms with van der Waals surface area (Å²) in [7, 11) is 0. The van der Waals surface area contributed by atoms with Crippen LogP contribution in [0.5, 0.6) is 0 Å². The van der Waals surface area contributed by atoms with E-state index in [-0.39, 0.29) is 11.9 Å². The molecule has 1 saturated heterocycles. The molecule has 0 saturated carbocycles. The highest BCUT2D eigenvalue weighted by Crippen LogP contribution is 2.33. The highest BCUT2D eigenvalue weighted by Gasteiger charge is 2.27. The van der Waals surface area contributed by atoms with E-state index in [1.54, 1.807) is 6.07 Å². The molecule has 1 aromatic carbocycles. The van der Waals surface area contributed by atoms with Crippen molar-refractivity contribution in [1.29, 1.82) is 0 Å². The lowest BCUT2D eigenvalue weighted by molar-refractivity contribution is 0.177. The summed E-state index contributed by atoms with van der Waals surface area (Å²) < 4.78 is 18.5. The van der Waals surface area contributed by atoms with Gasteiger partial charge in [-0.3, -0.25) is 0 Å². The standard InChI is InChI=1S/C13H17ClFNO/c1-2-16-13(9-5-6-17-8-9)11-4-3-10(15)7-12(11)14/h3-4,7,9,13,16H,2,5-6,8H2,1H3. The molecule has 1 aliphatic heterocycles. The van der Waals surface area contributed by atoms with Crippen LogP contribution in [-0.2, 0) is 4.74 Å². The first-order valence-corrected chi connectivity index (χ1v) is 6.36. The lowest BCUT2D eigenvalue weighted by Gasteiger charge is -2.24. The van der Waals surface area contributed by atoms with Gasteiger partial charge in [-0.1, -0.05) is 24.6 Å². The molecule has 0 bridgehead atoms. The van der Waals surface area contributed by atoms with Gasteiger partial charge in [-0.25, -0.2) is 4.39 Å². The second-order valence-electron chi connectivity index (χ2n) is 4.32. The number of hydrogen-bond donors (Lipinski definition) is 1. The van der Waals surface area contributed by atoms with Crippen molar-refractivity contribution in [3.05, 3.63) is 34.6 Å². The van der Waals surface area contributed by atoms with E-state index in [0.29, 0.717) is 10.9 Å². The third-order valence-electron chi connectivity index (χ3n) is 3.16. The predicted molar refractivity (Wildman–Crippen MR) is 66.8 cm³/mol. The van der Waals surface area contributed by atoms with Crippen LogP contribution in [0, 0.1) is 11.7 Å². The number of rotatable bonds is 4. The summed E-state index contributed by atoms with van der Waals surface area (Å²) in [6, 6.07) is 4.75. The van der Waals surface area contributed by atoms with Crippen molar-refractivity contribution in [2.45, 2.75) is 19.4 Å². The number of nitrogens with one attached hydrogen (secondary N) is 1. The molecule has 0 aliphatic carbocycles. The summed E-state index contributed by atoms with van der Waals surface area (Å²) >= 11 is 6.12. The Balaban J connectivity index is 2.24. The summed E-state index contributed by atoms with van der Waals surface area (Å²) in [5.41, 5.74) is 0.963. The number of hydrogen-bond acceptors (Lipinski definition) is 2. The van der Waals surface area contributed by atoms with Crippen LogP contribution in [0.4, 0.5) is 4.39 Å². The van der Waals surface area contributed by atoms with Gasteiger partial charge in [-0.15, -0.1) is 0 Å². The Kier molecular flexibility index (Phi) is 4.37. The molecular weight excluding hydrogens is 241 g/mol. The van der Waals surface area contributed by atoms with Gasteiger partial charge in [0.2, 0.25) is 0 Å². The molecule has 0 aromatic heterocycles. The zero-order chi connectivity index (χ0) is 12.3. The monoisotopic (exact) mass is 257 g/mol. The van der Waals surface area contributed by atoms with Crippen molar-refractivity contribution in [2.75, 3.05) is 19.8 Å². The molecule has 2 nitrogen and oxygen atoms in total.